The van der Waals surface area contributed by atoms with E-state index in [1.165, 1.54) is 12.8 Å². The van der Waals surface area contributed by atoms with Crippen molar-refractivity contribution in [3.05, 3.63) is 43.3 Å². The Labute approximate surface area is 140 Å². The van der Waals surface area contributed by atoms with E-state index in [1.807, 2.05) is 3.88 Å². The van der Waals surface area contributed by atoms with Crippen molar-refractivity contribution in [2.24, 2.45) is 0 Å². The Hall–Kier alpha value is 0.688. The van der Waals surface area contributed by atoms with Gasteiger partial charge in [0.25, 0.3) is 0 Å². The number of hydrogen-bond donors (Lipinski definition) is 0. The average molecular weight is 383 g/mol. The third kappa shape index (κ3) is 3.71. The maximum absolute atomic E-state index is 2.62. The van der Waals surface area contributed by atoms with Crippen LogP contribution in [0.3, 0.4) is 0 Å². The Morgan fingerprint density at radius 1 is 1.05 bits per heavy atom. The average Bonchev–Trinajstić information content (AvgIpc) is 2.88. The van der Waals surface area contributed by atoms with Gasteiger partial charge in [-0.3, -0.25) is 0 Å². The third-order valence-corrected chi connectivity index (χ3v) is 18.2. The molecule has 0 heterocycles. The molecule has 0 amide bonds. The Balaban J connectivity index is 0.00000180. The smallest absolute Gasteiger partial charge is 0.147 e. The predicted octanol–water partition coefficient (Wildman–Crippen LogP) is 5.10. The molecule has 2 rings (SSSR count). The molecular weight excluding hydrogens is 355 g/mol. The number of rotatable bonds is 3. The van der Waals surface area contributed by atoms with Crippen LogP contribution in [0.1, 0.15) is 12.8 Å². The zero-order valence-corrected chi connectivity index (χ0v) is 18.9. The van der Waals surface area contributed by atoms with Crippen molar-refractivity contribution in [3.63, 3.8) is 0 Å². The Bertz CT molecular complexity index is 569. The topological polar surface area (TPSA) is 0 Å². The van der Waals surface area contributed by atoms with Crippen LogP contribution in [0.4, 0.5) is 0 Å². The SMILES string of the molecule is C[Si](C)(C)C1=[C]([Ti]([CH3])([CH3])(=[SiH2])[C]2=CC=CC2)CC=C1.Cl.Cl. The molecule has 0 aromatic carbocycles. The summed E-state index contributed by atoms with van der Waals surface area (Å²) in [4.78, 5) is 0. The first-order valence-corrected chi connectivity index (χ1v) is 19.2. The second-order valence-electron chi connectivity index (χ2n) is 7.76. The van der Waals surface area contributed by atoms with Gasteiger partial charge in [-0.05, 0) is 0 Å². The van der Waals surface area contributed by atoms with Crippen molar-refractivity contribution in [3.8, 4) is 0 Å². The zero-order valence-electron chi connectivity index (χ0n) is 13.3. The van der Waals surface area contributed by atoms with E-state index in [0.717, 1.165) is 0 Å². The number of halogens is 2. The second-order valence-corrected chi connectivity index (χ2v) is 31.9. The molecule has 2 aliphatic carbocycles. The first-order chi connectivity index (χ1) is 8.11. The molecule has 0 bridgehead atoms. The molecule has 5 heteroatoms. The molecule has 0 radical (unpaired) electrons. The van der Waals surface area contributed by atoms with E-state index in [9.17, 15) is 0 Å². The van der Waals surface area contributed by atoms with Crippen LogP contribution in [0, 0.1) is 0 Å². The van der Waals surface area contributed by atoms with Crippen molar-refractivity contribution in [2.45, 2.75) is 42.9 Å². The van der Waals surface area contributed by atoms with Gasteiger partial charge in [0, 0.05) is 0 Å². The minimum Gasteiger partial charge on any atom is -0.147 e. The van der Waals surface area contributed by atoms with Crippen molar-refractivity contribution in [1.29, 1.82) is 0 Å². The molecule has 0 atom stereocenters. The van der Waals surface area contributed by atoms with Crippen LogP contribution in [0.25, 0.3) is 0 Å². The fraction of sp³-hybridized carbons (Fsp3) is 0.467. The summed E-state index contributed by atoms with van der Waals surface area (Å²) in [7, 11) is 1.16. The standard InChI is InChI=1S/C8H13Si.C5H5.2CH3.2ClH.H2Si.Ti/c1-9(2,3)8-6-4-5-7-8;1-2-4-5-3-1;;;;;;/h4,6H,5H2,1-3H3;1-3H,4H2;2*1H3;2*1H;1H2;. The first-order valence-electron chi connectivity index (χ1n) is 6.95. The molecule has 0 spiro atoms. The summed E-state index contributed by atoms with van der Waals surface area (Å²) in [5.74, 6) is 0. The fourth-order valence-corrected chi connectivity index (χ4v) is 16.9. The second kappa shape index (κ2) is 6.44. The molecule has 0 N–H and O–H groups in total. The van der Waals surface area contributed by atoms with Gasteiger partial charge in [-0.25, -0.2) is 0 Å². The van der Waals surface area contributed by atoms with Crippen LogP contribution < -0.4 is 0 Å². The van der Waals surface area contributed by atoms with Crippen LogP contribution >= 0.6 is 24.8 Å². The minimum atomic E-state index is -2.58. The molecule has 0 fully saturated rings. The monoisotopic (exact) mass is 382 g/mol. The van der Waals surface area contributed by atoms with Gasteiger partial charge < -0.3 is 0 Å². The van der Waals surface area contributed by atoms with Gasteiger partial charge >= 0.3 is 116 Å². The molecule has 20 heavy (non-hydrogen) atoms. The predicted molar refractivity (Wildman–Crippen MR) is 101 cm³/mol. The Morgan fingerprint density at radius 2 is 1.65 bits per heavy atom. The Morgan fingerprint density at radius 3 is 2.10 bits per heavy atom. The van der Waals surface area contributed by atoms with E-state index in [2.05, 4.69) is 68.1 Å². The van der Waals surface area contributed by atoms with Gasteiger partial charge in [0.2, 0.25) is 0 Å². The van der Waals surface area contributed by atoms with Crippen molar-refractivity contribution in [2.75, 3.05) is 0 Å². The minimum absolute atomic E-state index is 0. The number of hydrogen-bond acceptors (Lipinski definition) is 0. The summed E-state index contributed by atoms with van der Waals surface area (Å²) < 4.78 is 3.62. The molecule has 0 aliphatic heterocycles. The van der Waals surface area contributed by atoms with Crippen LogP contribution in [0.5, 0.6) is 0 Å². The van der Waals surface area contributed by atoms with Crippen molar-refractivity contribution >= 4 is 40.5 Å². The van der Waals surface area contributed by atoms with Gasteiger partial charge in [0.05, 0.1) is 0 Å². The zero-order chi connectivity index (χ0) is 13.6. The van der Waals surface area contributed by atoms with Crippen LogP contribution in [0.2, 0.25) is 30.1 Å². The summed E-state index contributed by atoms with van der Waals surface area (Å²) >= 11 is -2.58. The third-order valence-electron chi connectivity index (χ3n) is 4.51. The maximum atomic E-state index is 2.62. The molecule has 0 aromatic heterocycles. The van der Waals surface area contributed by atoms with E-state index >= 15 is 0 Å². The Kier molecular flexibility index (Phi) is 6.66. The van der Waals surface area contributed by atoms with E-state index in [4.69, 9.17) is 0 Å². The largest absolute Gasteiger partial charge is 0.147 e. The van der Waals surface area contributed by atoms with Gasteiger partial charge in [0.15, 0.2) is 0 Å². The van der Waals surface area contributed by atoms with E-state index in [-0.39, 0.29) is 24.8 Å². The van der Waals surface area contributed by atoms with Gasteiger partial charge in [0.1, 0.15) is 0 Å². The van der Waals surface area contributed by atoms with Gasteiger partial charge in [-0.2, -0.15) is 0 Å². The van der Waals surface area contributed by atoms with Crippen LogP contribution in [-0.2, 0) is 14.0 Å². The van der Waals surface area contributed by atoms with Crippen molar-refractivity contribution in [1.82, 2.24) is 0 Å². The molecule has 2 aliphatic rings. The summed E-state index contributed by atoms with van der Waals surface area (Å²) in [5, 5.41) is 7.00. The molecule has 0 saturated carbocycles. The molecule has 114 valence electrons. The molecular formula is C15H28Cl2Si2Ti. The summed E-state index contributed by atoms with van der Waals surface area (Å²) in [5.41, 5.74) is 0. The summed E-state index contributed by atoms with van der Waals surface area (Å²) in [6.07, 6.45) is 14.3. The van der Waals surface area contributed by atoms with E-state index < -0.39 is 22.1 Å². The maximum Gasteiger partial charge on any atom is -0.147 e. The normalized spacial score (nSPS) is 18.8. The van der Waals surface area contributed by atoms with Gasteiger partial charge in [-0.15, -0.1) is 24.8 Å². The van der Waals surface area contributed by atoms with Gasteiger partial charge in [-0.1, -0.05) is 0 Å². The summed E-state index contributed by atoms with van der Waals surface area (Å²) in [6, 6.07) is 0. The summed E-state index contributed by atoms with van der Waals surface area (Å²) in [6.45, 7) is 7.47. The number of allylic oxidation sites excluding steroid dienone is 8. The first kappa shape index (κ1) is 20.7. The molecule has 0 aromatic rings. The molecule has 0 nitrogen and oxygen atoms in total. The fourth-order valence-electron chi connectivity index (χ4n) is 3.20. The van der Waals surface area contributed by atoms with Crippen LogP contribution in [0.15, 0.2) is 43.3 Å². The van der Waals surface area contributed by atoms with E-state index in [0.29, 0.717) is 0 Å². The molecule has 0 saturated heterocycles. The quantitative estimate of drug-likeness (QED) is 0.595. The molecule has 0 unspecified atom stereocenters. The van der Waals surface area contributed by atoms with Crippen LogP contribution in [-0.4, -0.2) is 15.7 Å². The van der Waals surface area contributed by atoms with Crippen molar-refractivity contribution < 1.29 is 14.0 Å². The van der Waals surface area contributed by atoms with E-state index in [1.54, 1.807) is 9.07 Å².